The van der Waals surface area contributed by atoms with Gasteiger partial charge in [0.25, 0.3) is 11.8 Å². The van der Waals surface area contributed by atoms with Crippen molar-refractivity contribution in [3.63, 3.8) is 0 Å². The van der Waals surface area contributed by atoms with Crippen molar-refractivity contribution >= 4 is 41.2 Å². The molecule has 1 aliphatic rings. The van der Waals surface area contributed by atoms with Crippen LogP contribution in [-0.2, 0) is 14.3 Å². The second-order valence-corrected chi connectivity index (χ2v) is 7.17. The molecular weight excluding hydrogens is 390 g/mol. The number of aromatic nitrogens is 1. The normalized spacial score (nSPS) is 15.7. The summed E-state index contributed by atoms with van der Waals surface area (Å²) in [5.74, 6) is -1.38. The monoisotopic (exact) mass is 411 g/mol. The zero-order valence-electron chi connectivity index (χ0n) is 16.8. The second kappa shape index (κ2) is 7.63. The van der Waals surface area contributed by atoms with Crippen LogP contribution in [0.15, 0.2) is 29.8 Å². The molecule has 2 heterocycles. The van der Waals surface area contributed by atoms with Gasteiger partial charge in [-0.2, -0.15) is 0 Å². The molecule has 3 rings (SSSR count). The van der Waals surface area contributed by atoms with Gasteiger partial charge in [-0.1, -0.05) is 6.07 Å². The van der Waals surface area contributed by atoms with E-state index < -0.39 is 17.8 Å². The van der Waals surface area contributed by atoms with Gasteiger partial charge < -0.3 is 9.30 Å². The molecule has 0 spiro atoms. The summed E-state index contributed by atoms with van der Waals surface area (Å²) in [6.07, 6.45) is 1.56. The van der Waals surface area contributed by atoms with Gasteiger partial charge in [0, 0.05) is 24.1 Å². The number of aryl methyl sites for hydroxylation is 1. The molecule has 0 atom stereocenters. The number of rotatable bonds is 3. The fraction of sp³-hybridized carbons (Fsp3) is 0.238. The van der Waals surface area contributed by atoms with E-state index in [1.54, 1.807) is 18.2 Å². The number of nitrogens with zero attached hydrogens (tertiary/aromatic N) is 2. The zero-order chi connectivity index (χ0) is 21.5. The molecule has 2 aromatic rings. The average Bonchev–Trinajstić information content (AvgIpc) is 2.96. The molecule has 1 saturated heterocycles. The van der Waals surface area contributed by atoms with E-state index in [1.807, 2.05) is 37.5 Å². The lowest BCUT2D eigenvalue weighted by molar-refractivity contribution is -0.128. The fourth-order valence-electron chi connectivity index (χ4n) is 3.40. The van der Waals surface area contributed by atoms with Gasteiger partial charge in [0.05, 0.1) is 12.7 Å². The van der Waals surface area contributed by atoms with Crippen molar-refractivity contribution in [1.82, 2.24) is 14.8 Å². The third kappa shape index (κ3) is 3.47. The molecule has 0 radical (unpaired) electrons. The summed E-state index contributed by atoms with van der Waals surface area (Å²) in [7, 11) is 2.86. The van der Waals surface area contributed by atoms with Crippen LogP contribution in [0.3, 0.4) is 0 Å². The number of amides is 2. The van der Waals surface area contributed by atoms with E-state index >= 15 is 0 Å². The Bertz CT molecular complexity index is 1100. The Hall–Kier alpha value is -3.26. The van der Waals surface area contributed by atoms with E-state index in [-0.39, 0.29) is 10.7 Å². The Balaban J connectivity index is 2.12. The second-order valence-electron chi connectivity index (χ2n) is 6.78. The molecule has 1 fully saturated rings. The molecule has 1 N–H and O–H groups in total. The highest BCUT2D eigenvalue weighted by Gasteiger charge is 2.31. The van der Waals surface area contributed by atoms with E-state index in [9.17, 15) is 14.4 Å². The Morgan fingerprint density at radius 3 is 2.55 bits per heavy atom. The lowest BCUT2D eigenvalue weighted by Gasteiger charge is -2.25. The smallest absolute Gasteiger partial charge is 0.338 e. The largest absolute Gasteiger partial charge is 0.465 e. The van der Waals surface area contributed by atoms with Gasteiger partial charge in [0.2, 0.25) is 0 Å². The number of likely N-dealkylation sites (N-methyl/N-ethyl adjacent to an activating group) is 1. The number of carbonyl (C=O) groups is 3. The highest BCUT2D eigenvalue weighted by atomic mass is 32.1. The minimum Gasteiger partial charge on any atom is -0.465 e. The van der Waals surface area contributed by atoms with Crippen LogP contribution in [0.25, 0.3) is 11.8 Å². The van der Waals surface area contributed by atoms with Crippen molar-refractivity contribution in [1.29, 1.82) is 0 Å². The standard InChI is InChI=1S/C21H21N3O4S/c1-11-9-14(10-16-18(25)22-21(29)23(4)19(16)26)13(3)24(11)17-8-6-7-15(12(17)2)20(27)28-5/h6-10H,1-5H3,(H,22,25,29)/b16-10-. The van der Waals surface area contributed by atoms with E-state index in [0.29, 0.717) is 5.56 Å². The molecule has 8 heteroatoms. The molecule has 1 aromatic carbocycles. The predicted octanol–water partition coefficient (Wildman–Crippen LogP) is 2.45. The minimum atomic E-state index is -0.522. The lowest BCUT2D eigenvalue weighted by atomic mass is 10.1. The van der Waals surface area contributed by atoms with Gasteiger partial charge in [-0.15, -0.1) is 0 Å². The molecule has 7 nitrogen and oxygen atoms in total. The number of thiocarbonyl (C=S) groups is 1. The van der Waals surface area contributed by atoms with Gasteiger partial charge in [0.1, 0.15) is 5.57 Å². The van der Waals surface area contributed by atoms with Crippen molar-refractivity contribution in [2.45, 2.75) is 20.8 Å². The van der Waals surface area contributed by atoms with E-state index in [2.05, 4.69) is 5.32 Å². The van der Waals surface area contributed by atoms with Crippen LogP contribution in [-0.4, -0.2) is 46.5 Å². The first-order chi connectivity index (χ1) is 13.7. The number of nitrogens with one attached hydrogen (secondary N) is 1. The first-order valence-electron chi connectivity index (χ1n) is 8.89. The molecule has 150 valence electrons. The maximum absolute atomic E-state index is 12.5. The van der Waals surface area contributed by atoms with Crippen LogP contribution in [0.1, 0.15) is 32.9 Å². The maximum Gasteiger partial charge on any atom is 0.338 e. The highest BCUT2D eigenvalue weighted by molar-refractivity contribution is 7.80. The number of ether oxygens (including phenoxy) is 1. The third-order valence-corrected chi connectivity index (χ3v) is 5.40. The number of carbonyl (C=O) groups excluding carboxylic acids is 3. The first kappa shape index (κ1) is 20.5. The Morgan fingerprint density at radius 1 is 1.21 bits per heavy atom. The number of methoxy groups -OCH3 is 1. The van der Waals surface area contributed by atoms with Gasteiger partial charge in [0.15, 0.2) is 5.11 Å². The number of esters is 1. The van der Waals surface area contributed by atoms with E-state index in [4.69, 9.17) is 17.0 Å². The van der Waals surface area contributed by atoms with Crippen molar-refractivity contribution in [3.8, 4) is 5.69 Å². The minimum absolute atomic E-state index is 0.0152. The summed E-state index contributed by atoms with van der Waals surface area (Å²) in [5.41, 5.74) is 4.55. The average molecular weight is 411 g/mol. The molecule has 2 amide bonds. The van der Waals surface area contributed by atoms with Gasteiger partial charge in [-0.05, 0) is 68.4 Å². The third-order valence-electron chi connectivity index (χ3n) is 5.03. The molecule has 0 aliphatic carbocycles. The van der Waals surface area contributed by atoms with Crippen molar-refractivity contribution in [2.24, 2.45) is 0 Å². The Labute approximate surface area is 173 Å². The summed E-state index contributed by atoms with van der Waals surface area (Å²) in [6, 6.07) is 7.30. The molecule has 0 unspecified atom stereocenters. The predicted molar refractivity (Wildman–Crippen MR) is 113 cm³/mol. The number of benzene rings is 1. The lowest BCUT2D eigenvalue weighted by Crippen LogP contribution is -2.52. The molecule has 0 saturated carbocycles. The number of hydrogen-bond acceptors (Lipinski definition) is 5. The fourth-order valence-corrected chi connectivity index (χ4v) is 3.58. The molecule has 0 bridgehead atoms. The molecule has 29 heavy (non-hydrogen) atoms. The van der Waals surface area contributed by atoms with E-state index in [1.165, 1.54) is 19.1 Å². The maximum atomic E-state index is 12.5. The van der Waals surface area contributed by atoms with Crippen LogP contribution in [0.2, 0.25) is 0 Å². The van der Waals surface area contributed by atoms with Crippen LogP contribution < -0.4 is 5.32 Å². The Morgan fingerprint density at radius 2 is 1.90 bits per heavy atom. The molecular formula is C21H21N3O4S. The van der Waals surface area contributed by atoms with Crippen molar-refractivity contribution in [3.05, 3.63) is 57.9 Å². The van der Waals surface area contributed by atoms with Gasteiger partial charge >= 0.3 is 5.97 Å². The topological polar surface area (TPSA) is 80.6 Å². The zero-order valence-corrected chi connectivity index (χ0v) is 17.6. The van der Waals surface area contributed by atoms with Crippen molar-refractivity contribution in [2.75, 3.05) is 14.2 Å². The summed E-state index contributed by atoms with van der Waals surface area (Å²) < 4.78 is 6.84. The van der Waals surface area contributed by atoms with Crippen molar-refractivity contribution < 1.29 is 19.1 Å². The SMILES string of the molecule is COC(=O)c1cccc(-n2c(C)cc(/C=C3/C(=O)NC(=S)N(C)C3=O)c2C)c1C. The quantitative estimate of drug-likeness (QED) is 0.363. The Kier molecular flexibility index (Phi) is 5.39. The van der Waals surface area contributed by atoms with Gasteiger partial charge in [-0.25, -0.2) is 4.79 Å². The van der Waals surface area contributed by atoms with Crippen LogP contribution >= 0.6 is 12.2 Å². The van der Waals surface area contributed by atoms with Gasteiger partial charge in [-0.3, -0.25) is 19.8 Å². The van der Waals surface area contributed by atoms with Crippen LogP contribution in [0.4, 0.5) is 0 Å². The summed E-state index contributed by atoms with van der Waals surface area (Å²) in [4.78, 5) is 38.0. The van der Waals surface area contributed by atoms with Crippen LogP contribution in [0.5, 0.6) is 0 Å². The number of hydrogen-bond donors (Lipinski definition) is 1. The summed E-state index contributed by atoms with van der Waals surface area (Å²) in [6.45, 7) is 5.67. The summed E-state index contributed by atoms with van der Waals surface area (Å²) >= 11 is 4.98. The van der Waals surface area contributed by atoms with Crippen LogP contribution in [0, 0.1) is 20.8 Å². The van der Waals surface area contributed by atoms with E-state index in [0.717, 1.165) is 28.2 Å². The first-order valence-corrected chi connectivity index (χ1v) is 9.30. The summed E-state index contributed by atoms with van der Waals surface area (Å²) in [5, 5.41) is 2.59. The highest BCUT2D eigenvalue weighted by Crippen LogP contribution is 2.27. The molecule has 1 aromatic heterocycles. The molecule has 1 aliphatic heterocycles.